The van der Waals surface area contributed by atoms with Crippen molar-refractivity contribution in [1.29, 1.82) is 0 Å². The van der Waals surface area contributed by atoms with Gasteiger partial charge in [0.1, 0.15) is 25.4 Å². The van der Waals surface area contributed by atoms with E-state index in [-0.39, 0.29) is 72.0 Å². The Morgan fingerprint density at radius 2 is 0.921 bits per heavy atom. The summed E-state index contributed by atoms with van der Waals surface area (Å²) in [4.78, 5) is 25.0. The predicted octanol–water partition coefficient (Wildman–Crippen LogP) is 4.73. The largest absolute Gasteiger partial charge is 0.459 e. The van der Waals surface area contributed by atoms with E-state index in [2.05, 4.69) is 27.7 Å². The van der Waals surface area contributed by atoms with Gasteiger partial charge in [-0.25, -0.2) is 9.59 Å². The van der Waals surface area contributed by atoms with Crippen molar-refractivity contribution in [3.05, 3.63) is 23.3 Å². The molecule has 0 aromatic heterocycles. The number of rotatable bonds is 0. The standard InChI is InChI=1S/C30H44O8/c1-19-9-7-13-27(3)21(35-27)11-16-30(6)24(38-30)18-34-26(32)20(2)10-8-14-28(4)22(36-28)12-15-29(5)23(37-29)17-33-25(19)31/h9-10,21-24H,7-8,11-18H2,1-6H3/b19-9+,20-10+/t21-,22+,23-,24-,27-,28+,29+,30+/m1/s1. The lowest BCUT2D eigenvalue weighted by atomic mass is 9.93. The van der Waals surface area contributed by atoms with Gasteiger partial charge in [0, 0.05) is 11.1 Å². The topological polar surface area (TPSA) is 103 Å². The van der Waals surface area contributed by atoms with Crippen LogP contribution in [0.2, 0.25) is 0 Å². The van der Waals surface area contributed by atoms with Gasteiger partial charge in [0.25, 0.3) is 0 Å². The van der Waals surface area contributed by atoms with Gasteiger partial charge >= 0.3 is 11.9 Å². The van der Waals surface area contributed by atoms with E-state index in [1.165, 1.54) is 0 Å². The quantitative estimate of drug-likeness (QED) is 0.326. The summed E-state index contributed by atoms with van der Waals surface area (Å²) in [5, 5.41) is 0. The van der Waals surface area contributed by atoms with Gasteiger partial charge in [-0.15, -0.1) is 0 Å². The second kappa shape index (κ2) is 10.0. The Kier molecular flexibility index (Phi) is 7.34. The number of carbonyl (C=O) groups is 2. The first kappa shape index (κ1) is 27.8. The maximum atomic E-state index is 12.5. The second-order valence-corrected chi connectivity index (χ2v) is 12.8. The average molecular weight is 533 g/mol. The van der Waals surface area contributed by atoms with E-state index in [9.17, 15) is 9.59 Å². The number of ether oxygens (including phenoxy) is 6. The highest BCUT2D eigenvalue weighted by Gasteiger charge is 2.58. The SMILES string of the molecule is C/C1=C\CC[C@@]2(C)O[C@@H]2CC[C@]2(C)O[C@@H]2COC(=O)/C(C)=C/CC[C@]2(C)O[C@H]2CC[C@]2(C)O[C@@H]2COC1=O. The summed E-state index contributed by atoms with van der Waals surface area (Å²) in [6, 6.07) is 0. The lowest BCUT2D eigenvalue weighted by Gasteiger charge is -2.09. The molecule has 5 heterocycles. The fourth-order valence-corrected chi connectivity index (χ4v) is 5.88. The maximum Gasteiger partial charge on any atom is 0.333 e. The van der Waals surface area contributed by atoms with Crippen molar-refractivity contribution in [3.63, 3.8) is 0 Å². The molecule has 38 heavy (non-hydrogen) atoms. The van der Waals surface area contributed by atoms with E-state index in [4.69, 9.17) is 28.4 Å². The number of allylic oxidation sites excluding steroid dienone is 2. The van der Waals surface area contributed by atoms with Crippen molar-refractivity contribution in [2.45, 2.75) is 140 Å². The van der Waals surface area contributed by atoms with E-state index in [0.29, 0.717) is 11.1 Å². The average Bonchev–Trinajstić information content (AvgIpc) is 3.80. The summed E-state index contributed by atoms with van der Waals surface area (Å²) in [5.74, 6) is -0.565. The molecule has 4 saturated heterocycles. The molecule has 4 fully saturated rings. The summed E-state index contributed by atoms with van der Waals surface area (Å²) < 4.78 is 34.9. The van der Waals surface area contributed by atoms with Crippen LogP contribution >= 0.6 is 0 Å². The molecular weight excluding hydrogens is 488 g/mol. The number of cyclic esters (lactones) is 2. The lowest BCUT2D eigenvalue weighted by Crippen LogP contribution is -2.19. The highest BCUT2D eigenvalue weighted by atomic mass is 16.6. The Hall–Kier alpha value is -1.74. The second-order valence-electron chi connectivity index (χ2n) is 12.8. The zero-order valence-corrected chi connectivity index (χ0v) is 23.8. The van der Waals surface area contributed by atoms with Crippen LogP contribution in [-0.2, 0) is 38.0 Å². The van der Waals surface area contributed by atoms with E-state index in [1.807, 2.05) is 12.2 Å². The van der Waals surface area contributed by atoms with Crippen LogP contribution in [-0.4, -0.2) is 72.0 Å². The highest BCUT2D eigenvalue weighted by molar-refractivity contribution is 5.88. The zero-order chi connectivity index (χ0) is 27.3. The summed E-state index contributed by atoms with van der Waals surface area (Å²) in [7, 11) is 0. The van der Waals surface area contributed by atoms with Gasteiger partial charge < -0.3 is 28.4 Å². The molecule has 8 heteroatoms. The maximum absolute atomic E-state index is 12.5. The molecule has 0 aromatic rings. The number of epoxide rings is 4. The number of hydrogen-bond acceptors (Lipinski definition) is 8. The molecule has 0 N–H and O–H groups in total. The smallest absolute Gasteiger partial charge is 0.333 e. The molecule has 212 valence electrons. The minimum absolute atomic E-state index is 0.0733. The van der Waals surface area contributed by atoms with Crippen molar-refractivity contribution in [1.82, 2.24) is 0 Å². The molecular formula is C30H44O8. The Morgan fingerprint density at radius 3 is 1.32 bits per heavy atom. The van der Waals surface area contributed by atoms with Gasteiger partial charge in [0.05, 0.1) is 34.6 Å². The third-order valence-corrected chi connectivity index (χ3v) is 9.51. The van der Waals surface area contributed by atoms with E-state index in [0.717, 1.165) is 51.4 Å². The Balaban J connectivity index is 1.17. The summed E-state index contributed by atoms with van der Waals surface area (Å²) in [6.07, 6.45) is 10.8. The zero-order valence-electron chi connectivity index (χ0n) is 23.8. The molecule has 0 saturated carbocycles. The molecule has 0 aliphatic carbocycles. The van der Waals surface area contributed by atoms with Crippen molar-refractivity contribution >= 4 is 11.9 Å². The third kappa shape index (κ3) is 6.19. The van der Waals surface area contributed by atoms with Crippen LogP contribution in [0.15, 0.2) is 23.3 Å². The van der Waals surface area contributed by atoms with Crippen molar-refractivity contribution < 1.29 is 38.0 Å². The first-order valence-corrected chi connectivity index (χ1v) is 14.2. The molecule has 5 aliphatic rings. The third-order valence-electron chi connectivity index (χ3n) is 9.51. The Labute approximate surface area is 226 Å². The van der Waals surface area contributed by atoms with Gasteiger partial charge in [-0.1, -0.05) is 12.2 Å². The van der Waals surface area contributed by atoms with E-state index >= 15 is 0 Å². The van der Waals surface area contributed by atoms with Crippen molar-refractivity contribution in [2.24, 2.45) is 0 Å². The van der Waals surface area contributed by atoms with Crippen molar-refractivity contribution in [2.75, 3.05) is 13.2 Å². The van der Waals surface area contributed by atoms with Crippen LogP contribution in [0.1, 0.15) is 92.9 Å². The Morgan fingerprint density at radius 1 is 0.579 bits per heavy atom. The van der Waals surface area contributed by atoms with Crippen LogP contribution in [0.4, 0.5) is 0 Å². The van der Waals surface area contributed by atoms with Crippen LogP contribution in [0, 0.1) is 0 Å². The van der Waals surface area contributed by atoms with Gasteiger partial charge in [-0.05, 0) is 92.9 Å². The minimum Gasteiger partial charge on any atom is -0.459 e. The summed E-state index contributed by atoms with van der Waals surface area (Å²) in [6.45, 7) is 12.5. The molecule has 0 bridgehead atoms. The Bertz CT molecular complexity index is 940. The molecule has 5 aliphatic heterocycles. The van der Waals surface area contributed by atoms with Crippen LogP contribution in [0.5, 0.6) is 0 Å². The molecule has 8 atom stereocenters. The molecule has 0 radical (unpaired) electrons. The van der Waals surface area contributed by atoms with Gasteiger partial charge in [-0.3, -0.25) is 0 Å². The van der Waals surface area contributed by atoms with E-state index < -0.39 is 0 Å². The van der Waals surface area contributed by atoms with Crippen LogP contribution in [0.3, 0.4) is 0 Å². The first-order valence-electron chi connectivity index (χ1n) is 14.2. The number of hydrogen-bond donors (Lipinski definition) is 0. The van der Waals surface area contributed by atoms with Gasteiger partial charge in [-0.2, -0.15) is 0 Å². The number of esters is 2. The van der Waals surface area contributed by atoms with Crippen LogP contribution in [0.25, 0.3) is 0 Å². The first-order chi connectivity index (χ1) is 17.9. The van der Waals surface area contributed by atoms with Gasteiger partial charge in [0.15, 0.2) is 0 Å². The molecule has 0 aromatic carbocycles. The fraction of sp³-hybridized carbons (Fsp3) is 0.800. The molecule has 5 rings (SSSR count). The minimum atomic E-state index is -0.283. The normalized spacial score (nSPS) is 49.2. The summed E-state index contributed by atoms with van der Waals surface area (Å²) in [5.41, 5.74) is 0.348. The highest BCUT2D eigenvalue weighted by Crippen LogP contribution is 2.49. The van der Waals surface area contributed by atoms with Gasteiger partial charge in [0.2, 0.25) is 0 Å². The number of carbonyl (C=O) groups excluding carboxylic acids is 2. The van der Waals surface area contributed by atoms with Crippen molar-refractivity contribution in [3.8, 4) is 0 Å². The lowest BCUT2D eigenvalue weighted by molar-refractivity contribution is -0.140. The number of fused-ring (bicyclic) bond motifs is 4. The predicted molar refractivity (Wildman–Crippen MR) is 139 cm³/mol. The fourth-order valence-electron chi connectivity index (χ4n) is 5.88. The molecule has 8 nitrogen and oxygen atoms in total. The van der Waals surface area contributed by atoms with E-state index in [1.54, 1.807) is 13.8 Å². The molecule has 0 spiro atoms. The molecule has 0 amide bonds. The monoisotopic (exact) mass is 532 g/mol. The van der Waals surface area contributed by atoms with Crippen LogP contribution < -0.4 is 0 Å². The summed E-state index contributed by atoms with van der Waals surface area (Å²) >= 11 is 0. The molecule has 0 unspecified atom stereocenters.